The highest BCUT2D eigenvalue weighted by atomic mass is 16.1. The Labute approximate surface area is 114 Å². The SMILES string of the molecule is CCCC(CC)Nc1cc2c(cc1N)NC(=O)CC2. The zero-order valence-corrected chi connectivity index (χ0v) is 11.8. The van der Waals surface area contributed by atoms with Crippen molar-refractivity contribution < 1.29 is 4.79 Å². The number of nitrogens with one attached hydrogen (secondary N) is 2. The Hall–Kier alpha value is -1.71. The molecule has 1 aliphatic rings. The molecule has 0 spiro atoms. The molecule has 19 heavy (non-hydrogen) atoms. The van der Waals surface area contributed by atoms with Crippen molar-refractivity contribution in [1.82, 2.24) is 0 Å². The summed E-state index contributed by atoms with van der Waals surface area (Å²) < 4.78 is 0. The molecule has 104 valence electrons. The number of carbonyl (C=O) groups excluding carboxylic acids is 1. The molecule has 1 heterocycles. The van der Waals surface area contributed by atoms with E-state index in [9.17, 15) is 4.79 Å². The van der Waals surface area contributed by atoms with E-state index in [2.05, 4.69) is 30.5 Å². The minimum atomic E-state index is 0.0741. The number of anilines is 3. The van der Waals surface area contributed by atoms with Crippen LogP contribution in [0.1, 0.15) is 45.1 Å². The molecule has 0 radical (unpaired) electrons. The first-order valence-electron chi connectivity index (χ1n) is 7.12. The van der Waals surface area contributed by atoms with Gasteiger partial charge >= 0.3 is 0 Å². The zero-order chi connectivity index (χ0) is 13.8. The number of hydrogen-bond acceptors (Lipinski definition) is 3. The summed E-state index contributed by atoms with van der Waals surface area (Å²) in [4.78, 5) is 11.4. The maximum atomic E-state index is 11.4. The van der Waals surface area contributed by atoms with Crippen LogP contribution in [-0.2, 0) is 11.2 Å². The van der Waals surface area contributed by atoms with E-state index in [1.165, 1.54) is 5.56 Å². The Kier molecular flexibility index (Phi) is 4.30. The second kappa shape index (κ2) is 5.95. The van der Waals surface area contributed by atoms with Gasteiger partial charge in [0.05, 0.1) is 11.4 Å². The van der Waals surface area contributed by atoms with Crippen LogP contribution in [-0.4, -0.2) is 11.9 Å². The molecule has 1 amide bonds. The summed E-state index contributed by atoms with van der Waals surface area (Å²) in [5.41, 5.74) is 9.81. The van der Waals surface area contributed by atoms with Gasteiger partial charge in [0, 0.05) is 18.2 Å². The maximum Gasteiger partial charge on any atom is 0.224 e. The van der Waals surface area contributed by atoms with Crippen LogP contribution in [0.5, 0.6) is 0 Å². The van der Waals surface area contributed by atoms with Crippen LogP contribution in [0.15, 0.2) is 12.1 Å². The van der Waals surface area contributed by atoms with Gasteiger partial charge in [0.15, 0.2) is 0 Å². The van der Waals surface area contributed by atoms with Gasteiger partial charge in [-0.05, 0) is 37.0 Å². The highest BCUT2D eigenvalue weighted by molar-refractivity contribution is 5.95. The fourth-order valence-corrected chi connectivity index (χ4v) is 2.52. The molecule has 0 aromatic heterocycles. The first-order chi connectivity index (χ1) is 9.13. The summed E-state index contributed by atoms with van der Waals surface area (Å²) in [5.74, 6) is 0.0741. The van der Waals surface area contributed by atoms with Crippen molar-refractivity contribution in [3.8, 4) is 0 Å². The molecule has 0 saturated heterocycles. The Morgan fingerprint density at radius 1 is 1.37 bits per heavy atom. The van der Waals surface area contributed by atoms with Crippen molar-refractivity contribution in [3.05, 3.63) is 17.7 Å². The van der Waals surface area contributed by atoms with Crippen LogP contribution in [0, 0.1) is 0 Å². The number of fused-ring (bicyclic) bond motifs is 1. The summed E-state index contributed by atoms with van der Waals surface area (Å²) in [5, 5.41) is 6.40. The predicted octanol–water partition coefficient (Wildman–Crippen LogP) is 3.14. The smallest absolute Gasteiger partial charge is 0.224 e. The fourth-order valence-electron chi connectivity index (χ4n) is 2.52. The Bertz CT molecular complexity index is 471. The molecule has 1 atom stereocenters. The second-order valence-corrected chi connectivity index (χ2v) is 5.18. The Morgan fingerprint density at radius 3 is 2.84 bits per heavy atom. The number of amides is 1. The molecular formula is C15H23N3O. The van der Waals surface area contributed by atoms with Gasteiger partial charge in [-0.3, -0.25) is 4.79 Å². The topological polar surface area (TPSA) is 67.2 Å². The van der Waals surface area contributed by atoms with Crippen LogP contribution in [0.2, 0.25) is 0 Å². The van der Waals surface area contributed by atoms with Crippen molar-refractivity contribution in [2.45, 2.75) is 52.0 Å². The van der Waals surface area contributed by atoms with Crippen molar-refractivity contribution >= 4 is 23.0 Å². The van der Waals surface area contributed by atoms with E-state index in [1.807, 2.05) is 6.07 Å². The average molecular weight is 261 g/mol. The molecule has 2 rings (SSSR count). The van der Waals surface area contributed by atoms with Gasteiger partial charge in [0.2, 0.25) is 5.91 Å². The van der Waals surface area contributed by atoms with Gasteiger partial charge in [-0.15, -0.1) is 0 Å². The van der Waals surface area contributed by atoms with Gasteiger partial charge in [-0.2, -0.15) is 0 Å². The minimum Gasteiger partial charge on any atom is -0.397 e. The third-order valence-corrected chi connectivity index (χ3v) is 3.66. The van der Waals surface area contributed by atoms with Crippen LogP contribution < -0.4 is 16.4 Å². The van der Waals surface area contributed by atoms with Gasteiger partial charge < -0.3 is 16.4 Å². The lowest BCUT2D eigenvalue weighted by Gasteiger charge is -2.23. The highest BCUT2D eigenvalue weighted by Gasteiger charge is 2.17. The van der Waals surface area contributed by atoms with Crippen LogP contribution >= 0.6 is 0 Å². The van der Waals surface area contributed by atoms with E-state index >= 15 is 0 Å². The molecule has 1 aromatic carbocycles. The lowest BCUT2D eigenvalue weighted by molar-refractivity contribution is -0.116. The summed E-state index contributed by atoms with van der Waals surface area (Å²) in [7, 11) is 0. The minimum absolute atomic E-state index is 0.0741. The highest BCUT2D eigenvalue weighted by Crippen LogP contribution is 2.31. The second-order valence-electron chi connectivity index (χ2n) is 5.18. The third kappa shape index (κ3) is 3.19. The molecule has 4 nitrogen and oxygen atoms in total. The number of hydrogen-bond donors (Lipinski definition) is 3. The first kappa shape index (κ1) is 13.7. The largest absolute Gasteiger partial charge is 0.397 e. The predicted molar refractivity (Wildman–Crippen MR) is 80.4 cm³/mol. The molecule has 1 aromatic rings. The molecule has 4 heteroatoms. The number of nitrogens with two attached hydrogens (primary N) is 1. The standard InChI is InChI=1S/C15H23N3O/c1-3-5-11(4-2)17-14-8-10-6-7-15(19)18-13(10)9-12(14)16/h8-9,11,17H,3-7,16H2,1-2H3,(H,18,19). The van der Waals surface area contributed by atoms with Crippen molar-refractivity contribution in [3.63, 3.8) is 0 Å². The number of nitrogen functional groups attached to an aromatic ring is 1. The third-order valence-electron chi connectivity index (χ3n) is 3.66. The van der Waals surface area contributed by atoms with Crippen molar-refractivity contribution in [2.24, 2.45) is 0 Å². The lowest BCUT2D eigenvalue weighted by Crippen LogP contribution is -2.22. The van der Waals surface area contributed by atoms with Gasteiger partial charge in [-0.25, -0.2) is 0 Å². The van der Waals surface area contributed by atoms with Gasteiger partial charge in [0.25, 0.3) is 0 Å². The normalized spacial score (nSPS) is 15.6. The van der Waals surface area contributed by atoms with E-state index in [0.717, 1.165) is 37.1 Å². The van der Waals surface area contributed by atoms with Crippen molar-refractivity contribution in [1.29, 1.82) is 0 Å². The number of aryl methyl sites for hydroxylation is 1. The molecule has 0 aliphatic carbocycles. The van der Waals surface area contributed by atoms with Gasteiger partial charge in [-0.1, -0.05) is 20.3 Å². The first-order valence-corrected chi connectivity index (χ1v) is 7.12. The molecule has 1 unspecified atom stereocenters. The van der Waals surface area contributed by atoms with Gasteiger partial charge in [0.1, 0.15) is 0 Å². The Balaban J connectivity index is 2.20. The van der Waals surface area contributed by atoms with E-state index in [0.29, 0.717) is 18.2 Å². The van der Waals surface area contributed by atoms with Crippen LogP contribution in [0.25, 0.3) is 0 Å². The van der Waals surface area contributed by atoms with E-state index in [-0.39, 0.29) is 5.91 Å². The van der Waals surface area contributed by atoms with Crippen LogP contribution in [0.3, 0.4) is 0 Å². The molecule has 0 fully saturated rings. The van der Waals surface area contributed by atoms with E-state index < -0.39 is 0 Å². The van der Waals surface area contributed by atoms with E-state index in [1.54, 1.807) is 0 Å². The lowest BCUT2D eigenvalue weighted by atomic mass is 10.0. The number of benzene rings is 1. The number of rotatable bonds is 5. The van der Waals surface area contributed by atoms with Crippen molar-refractivity contribution in [2.75, 3.05) is 16.4 Å². The average Bonchev–Trinajstić information content (AvgIpc) is 2.39. The molecular weight excluding hydrogens is 238 g/mol. The molecule has 0 bridgehead atoms. The fraction of sp³-hybridized carbons (Fsp3) is 0.533. The maximum absolute atomic E-state index is 11.4. The molecule has 0 saturated carbocycles. The molecule has 1 aliphatic heterocycles. The zero-order valence-electron chi connectivity index (χ0n) is 11.8. The summed E-state index contributed by atoms with van der Waals surface area (Å²) in [6.07, 6.45) is 4.74. The summed E-state index contributed by atoms with van der Waals surface area (Å²) >= 11 is 0. The summed E-state index contributed by atoms with van der Waals surface area (Å²) in [6.45, 7) is 4.37. The van der Waals surface area contributed by atoms with Crippen LogP contribution in [0.4, 0.5) is 17.1 Å². The number of carbonyl (C=O) groups is 1. The Morgan fingerprint density at radius 2 is 2.16 bits per heavy atom. The molecule has 4 N–H and O–H groups in total. The monoisotopic (exact) mass is 261 g/mol. The van der Waals surface area contributed by atoms with E-state index in [4.69, 9.17) is 5.73 Å². The summed E-state index contributed by atoms with van der Waals surface area (Å²) in [6, 6.07) is 4.42. The quantitative estimate of drug-likeness (QED) is 0.713.